The van der Waals surface area contributed by atoms with Crippen molar-refractivity contribution in [3.8, 4) is 11.3 Å². The molecule has 0 atom stereocenters. The van der Waals surface area contributed by atoms with Crippen molar-refractivity contribution in [2.45, 2.75) is 19.8 Å². The van der Waals surface area contributed by atoms with E-state index in [2.05, 4.69) is 35.5 Å². The van der Waals surface area contributed by atoms with Crippen LogP contribution in [0.1, 0.15) is 18.4 Å². The van der Waals surface area contributed by atoms with E-state index in [0.29, 0.717) is 5.88 Å². The normalized spacial score (nSPS) is 11.8. The highest BCUT2D eigenvalue weighted by molar-refractivity contribution is 7.10. The molecule has 0 aliphatic carbocycles. The summed E-state index contributed by atoms with van der Waals surface area (Å²) in [5.74, 6) is 0.685. The lowest BCUT2D eigenvalue weighted by Crippen LogP contribution is -1.87. The van der Waals surface area contributed by atoms with Gasteiger partial charge in [-0.3, -0.25) is 0 Å². The molecule has 2 aromatic rings. The number of aromatic nitrogens is 1. The van der Waals surface area contributed by atoms with Gasteiger partial charge in [-0.1, -0.05) is 42.0 Å². The van der Waals surface area contributed by atoms with Gasteiger partial charge in [-0.05, 0) is 13.3 Å². The van der Waals surface area contributed by atoms with E-state index in [1.165, 1.54) is 11.1 Å². The maximum atomic E-state index is 5.68. The predicted molar refractivity (Wildman–Crippen MR) is 80.3 cm³/mol. The van der Waals surface area contributed by atoms with Gasteiger partial charge in [0.1, 0.15) is 0 Å². The number of allylic oxidation sites excluding steroid dienone is 2. The van der Waals surface area contributed by atoms with E-state index >= 15 is 0 Å². The highest BCUT2D eigenvalue weighted by Gasteiger charge is 2.04. The lowest BCUT2D eigenvalue weighted by Gasteiger charge is -1.97. The van der Waals surface area contributed by atoms with Crippen molar-refractivity contribution >= 4 is 22.9 Å². The van der Waals surface area contributed by atoms with E-state index in [1.54, 1.807) is 11.3 Å². The quantitative estimate of drug-likeness (QED) is 0.558. The summed E-state index contributed by atoms with van der Waals surface area (Å²) in [5.41, 5.74) is 3.59. The highest BCUT2D eigenvalue weighted by atomic mass is 35.5. The molecule has 3 heteroatoms. The molecule has 0 radical (unpaired) electrons. The lowest BCUT2D eigenvalue weighted by molar-refractivity contribution is 1.07. The first-order valence-electron chi connectivity index (χ1n) is 6.01. The summed E-state index contributed by atoms with van der Waals surface area (Å²) < 4.78 is 0. The van der Waals surface area contributed by atoms with Crippen molar-refractivity contribution in [2.75, 3.05) is 5.88 Å². The van der Waals surface area contributed by atoms with E-state index in [0.717, 1.165) is 23.5 Å². The Bertz CT molecular complexity index is 516. The minimum atomic E-state index is 0.685. The maximum absolute atomic E-state index is 5.68. The SMILES string of the molecule is CC(=CCCCl)Cc1nc(-c2ccccc2)cs1. The number of benzene rings is 1. The van der Waals surface area contributed by atoms with Crippen LogP contribution in [0, 0.1) is 0 Å². The van der Waals surface area contributed by atoms with Gasteiger partial charge < -0.3 is 0 Å². The molecule has 0 fully saturated rings. The second-order valence-corrected chi connectivity index (χ2v) is 5.52. The van der Waals surface area contributed by atoms with Gasteiger partial charge in [-0.2, -0.15) is 0 Å². The number of hydrogen-bond acceptors (Lipinski definition) is 2. The molecule has 18 heavy (non-hydrogen) atoms. The van der Waals surface area contributed by atoms with E-state index in [-0.39, 0.29) is 0 Å². The molecule has 0 spiro atoms. The Morgan fingerprint density at radius 1 is 1.33 bits per heavy atom. The molecule has 1 heterocycles. The van der Waals surface area contributed by atoms with Crippen LogP contribution in [0.25, 0.3) is 11.3 Å². The number of alkyl halides is 1. The average molecular weight is 278 g/mol. The van der Waals surface area contributed by atoms with Crippen molar-refractivity contribution in [2.24, 2.45) is 0 Å². The van der Waals surface area contributed by atoms with Crippen molar-refractivity contribution in [1.82, 2.24) is 4.98 Å². The fourth-order valence-electron chi connectivity index (χ4n) is 1.75. The summed E-state index contributed by atoms with van der Waals surface area (Å²) in [5, 5.41) is 3.29. The third-order valence-corrected chi connectivity index (χ3v) is 3.72. The molecule has 94 valence electrons. The Morgan fingerprint density at radius 3 is 2.83 bits per heavy atom. The van der Waals surface area contributed by atoms with E-state index in [1.807, 2.05) is 18.2 Å². The maximum Gasteiger partial charge on any atom is 0.0973 e. The minimum Gasteiger partial charge on any atom is -0.241 e. The zero-order chi connectivity index (χ0) is 12.8. The summed E-state index contributed by atoms with van der Waals surface area (Å²) in [6, 6.07) is 10.3. The van der Waals surface area contributed by atoms with Crippen LogP contribution >= 0.6 is 22.9 Å². The van der Waals surface area contributed by atoms with Crippen LogP contribution in [0.3, 0.4) is 0 Å². The third-order valence-electron chi connectivity index (χ3n) is 2.65. The van der Waals surface area contributed by atoms with Gasteiger partial charge in [0.2, 0.25) is 0 Å². The van der Waals surface area contributed by atoms with Gasteiger partial charge in [0.15, 0.2) is 0 Å². The van der Waals surface area contributed by atoms with E-state index < -0.39 is 0 Å². The van der Waals surface area contributed by atoms with Crippen LogP contribution in [-0.2, 0) is 6.42 Å². The number of nitrogens with zero attached hydrogens (tertiary/aromatic N) is 1. The Hall–Kier alpha value is -1.12. The number of halogens is 1. The smallest absolute Gasteiger partial charge is 0.0973 e. The summed E-state index contributed by atoms with van der Waals surface area (Å²) in [6.07, 6.45) is 4.05. The van der Waals surface area contributed by atoms with Crippen molar-refractivity contribution in [1.29, 1.82) is 0 Å². The Balaban J connectivity index is 2.07. The van der Waals surface area contributed by atoms with Gasteiger partial charge in [-0.15, -0.1) is 22.9 Å². The topological polar surface area (TPSA) is 12.9 Å². The first-order valence-corrected chi connectivity index (χ1v) is 7.42. The zero-order valence-electron chi connectivity index (χ0n) is 10.4. The Morgan fingerprint density at radius 2 is 2.11 bits per heavy atom. The van der Waals surface area contributed by atoms with Crippen molar-refractivity contribution in [3.63, 3.8) is 0 Å². The molecular formula is C15H16ClNS. The molecule has 0 unspecified atom stereocenters. The molecule has 1 aromatic heterocycles. The van der Waals surface area contributed by atoms with Crippen molar-refractivity contribution < 1.29 is 0 Å². The first kappa shape index (κ1) is 13.3. The molecule has 0 bridgehead atoms. The van der Waals surface area contributed by atoms with Crippen LogP contribution in [0.2, 0.25) is 0 Å². The molecule has 0 amide bonds. The molecule has 0 aliphatic rings. The molecule has 0 aliphatic heterocycles. The molecule has 1 nitrogen and oxygen atoms in total. The second kappa shape index (κ2) is 6.72. The predicted octanol–water partition coefficient (Wildman–Crippen LogP) is 4.93. The summed E-state index contributed by atoms with van der Waals surface area (Å²) >= 11 is 7.40. The van der Waals surface area contributed by atoms with E-state index in [4.69, 9.17) is 11.6 Å². The largest absolute Gasteiger partial charge is 0.241 e. The third kappa shape index (κ3) is 3.69. The molecule has 0 N–H and O–H groups in total. The molecular weight excluding hydrogens is 262 g/mol. The summed E-state index contributed by atoms with van der Waals surface area (Å²) in [7, 11) is 0. The Kier molecular flexibility index (Phi) is 4.97. The fraction of sp³-hybridized carbons (Fsp3) is 0.267. The van der Waals surface area contributed by atoms with Crippen LogP contribution in [0.4, 0.5) is 0 Å². The van der Waals surface area contributed by atoms with Crippen LogP contribution in [0.15, 0.2) is 47.4 Å². The lowest BCUT2D eigenvalue weighted by atomic mass is 10.2. The van der Waals surface area contributed by atoms with Gasteiger partial charge in [-0.25, -0.2) is 4.98 Å². The highest BCUT2D eigenvalue weighted by Crippen LogP contribution is 2.23. The Labute approximate surface area is 117 Å². The van der Waals surface area contributed by atoms with Gasteiger partial charge in [0.05, 0.1) is 10.7 Å². The molecule has 2 rings (SSSR count). The summed E-state index contributed by atoms with van der Waals surface area (Å²) in [4.78, 5) is 4.67. The molecule has 0 saturated heterocycles. The molecule has 1 aromatic carbocycles. The van der Waals surface area contributed by atoms with E-state index in [9.17, 15) is 0 Å². The average Bonchev–Trinajstić information content (AvgIpc) is 2.86. The number of hydrogen-bond donors (Lipinski definition) is 0. The van der Waals surface area contributed by atoms with Crippen LogP contribution < -0.4 is 0 Å². The summed E-state index contributed by atoms with van der Waals surface area (Å²) in [6.45, 7) is 2.14. The molecule has 0 saturated carbocycles. The van der Waals surface area contributed by atoms with Gasteiger partial charge >= 0.3 is 0 Å². The second-order valence-electron chi connectivity index (χ2n) is 4.20. The van der Waals surface area contributed by atoms with Crippen molar-refractivity contribution in [3.05, 3.63) is 52.4 Å². The standard InChI is InChI=1S/C15H16ClNS/c1-12(6-5-9-16)10-15-17-14(11-18-15)13-7-3-2-4-8-13/h2-4,6-8,11H,5,9-10H2,1H3. The first-order chi connectivity index (χ1) is 8.79. The number of thiazole rings is 1. The van der Waals surface area contributed by atoms with Crippen LogP contribution in [0.5, 0.6) is 0 Å². The van der Waals surface area contributed by atoms with Gasteiger partial charge in [0, 0.05) is 23.2 Å². The monoisotopic (exact) mass is 277 g/mol. The van der Waals surface area contributed by atoms with Gasteiger partial charge in [0.25, 0.3) is 0 Å². The number of rotatable bonds is 5. The zero-order valence-corrected chi connectivity index (χ0v) is 12.0. The fourth-order valence-corrected chi connectivity index (χ4v) is 2.75. The minimum absolute atomic E-state index is 0.685. The van der Waals surface area contributed by atoms with Crippen LogP contribution in [-0.4, -0.2) is 10.9 Å².